The van der Waals surface area contributed by atoms with Crippen molar-refractivity contribution in [2.75, 3.05) is 19.0 Å². The number of rotatable bonds is 17. The Morgan fingerprint density at radius 1 is 0.625 bits per heavy atom. The molecule has 0 aromatic rings. The molecule has 0 aliphatic rings. The first kappa shape index (κ1) is 23.2. The topological polar surface area (TPSA) is 14.1 Å². The van der Waals surface area contributed by atoms with Crippen molar-refractivity contribution < 1.29 is 0 Å². The SMILES string of the molecule is CCCCCC=CCC=CCC=CCC=CCCCC[N-]CCCl. The zero-order valence-corrected chi connectivity index (χ0v) is 16.4. The van der Waals surface area contributed by atoms with Crippen molar-refractivity contribution in [1.29, 1.82) is 0 Å². The lowest BCUT2D eigenvalue weighted by Gasteiger charge is -2.15. The van der Waals surface area contributed by atoms with Crippen molar-refractivity contribution in [2.24, 2.45) is 0 Å². The zero-order chi connectivity index (χ0) is 17.6. The lowest BCUT2D eigenvalue weighted by atomic mass is 10.2. The van der Waals surface area contributed by atoms with E-state index < -0.39 is 0 Å². The van der Waals surface area contributed by atoms with Gasteiger partial charge in [0.1, 0.15) is 0 Å². The molecule has 0 saturated heterocycles. The quantitative estimate of drug-likeness (QED) is 0.145. The molecule has 0 aliphatic heterocycles. The monoisotopic (exact) mass is 350 g/mol. The Morgan fingerprint density at radius 2 is 1.12 bits per heavy atom. The summed E-state index contributed by atoms with van der Waals surface area (Å²) in [4.78, 5) is 0. The van der Waals surface area contributed by atoms with Crippen LogP contribution in [0.2, 0.25) is 0 Å². The van der Waals surface area contributed by atoms with Gasteiger partial charge in [0.25, 0.3) is 0 Å². The van der Waals surface area contributed by atoms with Crippen LogP contribution in [0.3, 0.4) is 0 Å². The van der Waals surface area contributed by atoms with E-state index in [4.69, 9.17) is 11.6 Å². The number of nitrogens with zero attached hydrogens (tertiary/aromatic N) is 1. The molecule has 24 heavy (non-hydrogen) atoms. The molecule has 0 aromatic heterocycles. The molecule has 0 rings (SSSR count). The Labute approximate surface area is 155 Å². The van der Waals surface area contributed by atoms with Crippen LogP contribution in [0, 0.1) is 0 Å². The number of allylic oxidation sites excluding steroid dienone is 8. The lowest BCUT2D eigenvalue weighted by molar-refractivity contribution is 0.728. The van der Waals surface area contributed by atoms with Crippen molar-refractivity contribution in [1.82, 2.24) is 0 Å². The predicted octanol–water partition coefficient (Wildman–Crippen LogP) is 7.74. The Bertz CT molecular complexity index is 342. The van der Waals surface area contributed by atoms with Crippen molar-refractivity contribution >= 4 is 11.6 Å². The van der Waals surface area contributed by atoms with Gasteiger partial charge in [-0.2, -0.15) is 0 Å². The fourth-order valence-corrected chi connectivity index (χ4v) is 2.34. The van der Waals surface area contributed by atoms with Crippen LogP contribution in [0.25, 0.3) is 5.32 Å². The van der Waals surface area contributed by atoms with E-state index >= 15 is 0 Å². The van der Waals surface area contributed by atoms with Crippen LogP contribution in [0.15, 0.2) is 48.6 Å². The first-order valence-corrected chi connectivity index (χ1v) is 10.2. The molecule has 0 aliphatic carbocycles. The fraction of sp³-hybridized carbons (Fsp3) is 0.636. The van der Waals surface area contributed by atoms with Crippen LogP contribution < -0.4 is 0 Å². The van der Waals surface area contributed by atoms with Gasteiger partial charge in [0.15, 0.2) is 0 Å². The number of unbranched alkanes of at least 4 members (excludes halogenated alkanes) is 5. The first-order valence-electron chi connectivity index (χ1n) is 9.71. The van der Waals surface area contributed by atoms with Crippen LogP contribution in [0.1, 0.15) is 71.1 Å². The Kier molecular flexibility index (Phi) is 21.5. The third kappa shape index (κ3) is 21.2. The smallest absolute Gasteiger partial charge is 0.00347 e. The van der Waals surface area contributed by atoms with Gasteiger partial charge in [-0.3, -0.25) is 0 Å². The van der Waals surface area contributed by atoms with Gasteiger partial charge < -0.3 is 5.32 Å². The molecule has 0 N–H and O–H groups in total. The highest BCUT2D eigenvalue weighted by molar-refractivity contribution is 6.18. The molecule has 0 saturated carbocycles. The molecule has 0 unspecified atom stereocenters. The number of hydrogen-bond acceptors (Lipinski definition) is 0. The van der Waals surface area contributed by atoms with Crippen LogP contribution in [0.5, 0.6) is 0 Å². The summed E-state index contributed by atoms with van der Waals surface area (Å²) in [5.41, 5.74) is 0. The Morgan fingerprint density at radius 3 is 1.62 bits per heavy atom. The third-order valence-electron chi connectivity index (χ3n) is 3.64. The summed E-state index contributed by atoms with van der Waals surface area (Å²) in [7, 11) is 0. The molecule has 0 atom stereocenters. The largest absolute Gasteiger partial charge is 0.661 e. The summed E-state index contributed by atoms with van der Waals surface area (Å²) >= 11 is 5.57. The summed E-state index contributed by atoms with van der Waals surface area (Å²) in [5.74, 6) is 0.650. The first-order chi connectivity index (χ1) is 11.9. The maximum atomic E-state index is 5.57. The van der Waals surface area contributed by atoms with Gasteiger partial charge in [0, 0.05) is 5.88 Å². The van der Waals surface area contributed by atoms with Crippen LogP contribution in [-0.4, -0.2) is 19.0 Å². The summed E-state index contributed by atoms with van der Waals surface area (Å²) in [6, 6.07) is 0. The van der Waals surface area contributed by atoms with E-state index in [-0.39, 0.29) is 0 Å². The van der Waals surface area contributed by atoms with Crippen LogP contribution in [-0.2, 0) is 0 Å². The Balaban J connectivity index is 3.33. The molecule has 138 valence electrons. The number of alkyl halides is 1. The highest BCUT2D eigenvalue weighted by Gasteiger charge is 1.81. The van der Waals surface area contributed by atoms with Gasteiger partial charge in [-0.15, -0.1) is 24.7 Å². The zero-order valence-electron chi connectivity index (χ0n) is 15.6. The molecular formula is C22H37ClN-. The molecule has 0 heterocycles. The average Bonchev–Trinajstić information content (AvgIpc) is 2.60. The van der Waals surface area contributed by atoms with Crippen molar-refractivity contribution in [3.63, 3.8) is 0 Å². The lowest BCUT2D eigenvalue weighted by Crippen LogP contribution is -1.89. The van der Waals surface area contributed by atoms with Gasteiger partial charge in [0.05, 0.1) is 0 Å². The molecule has 0 spiro atoms. The minimum absolute atomic E-state index is 0.650. The van der Waals surface area contributed by atoms with E-state index in [0.29, 0.717) is 5.88 Å². The molecule has 1 nitrogen and oxygen atoms in total. The van der Waals surface area contributed by atoms with E-state index in [1.54, 1.807) is 0 Å². The maximum absolute atomic E-state index is 5.57. The standard InChI is InChI=1S/C22H37ClN/c1-2-3-4-5-6-7-8-9-10-11-12-13-14-15-16-17-18-19-21-24-22-20-23/h6-7,9-10,12-13,15-16H,2-5,8,11,14,17-22H2,1H3/q-1. The van der Waals surface area contributed by atoms with Gasteiger partial charge in [-0.05, 0) is 38.5 Å². The summed E-state index contributed by atoms with van der Waals surface area (Å²) in [6.45, 7) is 4.00. The van der Waals surface area contributed by atoms with Crippen LogP contribution in [0.4, 0.5) is 0 Å². The van der Waals surface area contributed by atoms with E-state index in [0.717, 1.165) is 38.8 Å². The summed E-state index contributed by atoms with van der Waals surface area (Å²) in [5, 5.41) is 4.32. The molecule has 2 heteroatoms. The highest BCUT2D eigenvalue weighted by atomic mass is 35.5. The van der Waals surface area contributed by atoms with Crippen molar-refractivity contribution in [2.45, 2.75) is 71.1 Å². The van der Waals surface area contributed by atoms with Crippen molar-refractivity contribution in [3.8, 4) is 0 Å². The second-order valence-electron chi connectivity index (χ2n) is 5.94. The summed E-state index contributed by atoms with van der Waals surface area (Å²) < 4.78 is 0. The minimum Gasteiger partial charge on any atom is -0.661 e. The van der Waals surface area contributed by atoms with E-state index in [1.165, 1.54) is 38.5 Å². The molecule has 0 amide bonds. The number of halogens is 1. The van der Waals surface area contributed by atoms with Gasteiger partial charge in [-0.25, -0.2) is 0 Å². The third-order valence-corrected chi connectivity index (χ3v) is 3.81. The molecule has 0 radical (unpaired) electrons. The van der Waals surface area contributed by atoms with Gasteiger partial charge in [-0.1, -0.05) is 81.2 Å². The fourth-order valence-electron chi connectivity index (χ4n) is 2.22. The van der Waals surface area contributed by atoms with Crippen LogP contribution >= 0.6 is 11.6 Å². The van der Waals surface area contributed by atoms with Gasteiger partial charge in [0.2, 0.25) is 0 Å². The molecule has 0 aromatic carbocycles. The number of hydrogen-bond donors (Lipinski definition) is 0. The average molecular weight is 351 g/mol. The van der Waals surface area contributed by atoms with Crippen molar-refractivity contribution in [3.05, 3.63) is 53.9 Å². The molecular weight excluding hydrogens is 314 g/mol. The van der Waals surface area contributed by atoms with E-state index in [9.17, 15) is 0 Å². The normalized spacial score (nSPS) is 12.6. The van der Waals surface area contributed by atoms with E-state index in [1.807, 2.05) is 0 Å². The van der Waals surface area contributed by atoms with Gasteiger partial charge >= 0.3 is 0 Å². The maximum Gasteiger partial charge on any atom is 0.00347 e. The molecule has 0 fully saturated rings. The second-order valence-corrected chi connectivity index (χ2v) is 6.32. The molecule has 0 bridgehead atoms. The van der Waals surface area contributed by atoms with E-state index in [2.05, 4.69) is 60.8 Å². The Hall–Kier alpha value is -0.790. The second kappa shape index (κ2) is 22.2. The predicted molar refractivity (Wildman–Crippen MR) is 112 cm³/mol. The summed E-state index contributed by atoms with van der Waals surface area (Å²) in [6.07, 6.45) is 30.1. The minimum atomic E-state index is 0.650. The highest BCUT2D eigenvalue weighted by Crippen LogP contribution is 2.02.